The van der Waals surface area contributed by atoms with E-state index in [-0.39, 0.29) is 18.9 Å². The van der Waals surface area contributed by atoms with Crippen molar-refractivity contribution in [1.29, 1.82) is 0 Å². The molecule has 538 valence electrons. The number of unbranched alkanes of at least 4 members (excludes halogenated alkanes) is 19. The molecule has 3 fully saturated rings. The summed E-state index contributed by atoms with van der Waals surface area (Å²) < 4.78 is 34.3. The molecule has 12 N–H and O–H groups in total. The first-order chi connectivity index (χ1) is 45.8. The first kappa shape index (κ1) is 84.4. The van der Waals surface area contributed by atoms with Crippen molar-refractivity contribution in [3.05, 3.63) is 122 Å². The van der Waals surface area contributed by atoms with Gasteiger partial charge < -0.3 is 89.9 Å². The van der Waals surface area contributed by atoms with Crippen LogP contribution in [0.15, 0.2) is 122 Å². The normalized spacial score (nSPS) is 28.1. The van der Waals surface area contributed by atoms with Crippen molar-refractivity contribution < 1.29 is 89.4 Å². The van der Waals surface area contributed by atoms with Crippen molar-refractivity contribution in [2.24, 2.45) is 0 Å². The molecule has 94 heavy (non-hydrogen) atoms. The van der Waals surface area contributed by atoms with Crippen LogP contribution in [0.2, 0.25) is 0 Å². The van der Waals surface area contributed by atoms with Gasteiger partial charge in [0, 0.05) is 6.42 Å². The molecule has 0 saturated carbocycles. The Hall–Kier alpha value is -3.81. The second-order valence-corrected chi connectivity index (χ2v) is 25.0. The Labute approximate surface area is 563 Å². The van der Waals surface area contributed by atoms with Gasteiger partial charge in [-0.3, -0.25) is 4.79 Å². The molecule has 1 amide bonds. The van der Waals surface area contributed by atoms with Crippen LogP contribution in [0.25, 0.3) is 0 Å². The highest BCUT2D eigenvalue weighted by atomic mass is 16.8. The van der Waals surface area contributed by atoms with E-state index in [1.807, 2.05) is 12.2 Å². The van der Waals surface area contributed by atoms with Crippen LogP contribution in [0.1, 0.15) is 213 Å². The molecule has 0 aromatic rings. The molecule has 3 saturated heterocycles. The Morgan fingerprint density at radius 3 is 1.14 bits per heavy atom. The third-order valence-corrected chi connectivity index (χ3v) is 17.0. The number of allylic oxidation sites excluding steroid dienone is 19. The maximum atomic E-state index is 13.4. The summed E-state index contributed by atoms with van der Waals surface area (Å²) in [5, 5.41) is 121. The van der Waals surface area contributed by atoms with Crippen LogP contribution in [0, 0.1) is 0 Å². The van der Waals surface area contributed by atoms with Gasteiger partial charge in [-0.15, -0.1) is 0 Å². The number of aliphatic hydroxyl groups excluding tert-OH is 11. The fourth-order valence-electron chi connectivity index (χ4n) is 11.3. The topological polar surface area (TPSA) is 307 Å². The minimum absolute atomic E-state index is 0.155. The van der Waals surface area contributed by atoms with Gasteiger partial charge in [-0.1, -0.05) is 245 Å². The van der Waals surface area contributed by atoms with Crippen LogP contribution in [-0.2, 0) is 33.2 Å². The van der Waals surface area contributed by atoms with Gasteiger partial charge in [-0.2, -0.15) is 0 Å². The van der Waals surface area contributed by atoms with Crippen LogP contribution >= 0.6 is 0 Å². The molecule has 17 atom stereocenters. The zero-order valence-corrected chi connectivity index (χ0v) is 56.9. The summed E-state index contributed by atoms with van der Waals surface area (Å²) in [6.45, 7) is 1.57. The Kier molecular flexibility index (Phi) is 49.5. The van der Waals surface area contributed by atoms with Gasteiger partial charge in [0.1, 0.15) is 73.2 Å². The van der Waals surface area contributed by atoms with Gasteiger partial charge in [0.2, 0.25) is 5.91 Å². The smallest absolute Gasteiger partial charge is 0.220 e. The molecular weight excluding hydrogens is 1200 g/mol. The molecule has 0 radical (unpaired) electrons. The third-order valence-electron chi connectivity index (χ3n) is 17.0. The molecule has 19 heteroatoms. The van der Waals surface area contributed by atoms with Gasteiger partial charge in [0.15, 0.2) is 18.9 Å². The lowest BCUT2D eigenvalue weighted by molar-refractivity contribution is -0.379. The van der Waals surface area contributed by atoms with E-state index in [0.717, 1.165) is 83.5 Å². The standard InChI is InChI=1S/C75H125NO18/c1-3-5-7-9-11-13-15-17-19-21-23-25-26-27-28-29-30-31-32-33-35-37-39-41-43-45-47-49-51-53-63(81)76-58(59(80)52-50-48-46-44-42-40-38-36-34-24-22-20-18-16-14-12-10-8-6-4-2)57-89-73-69(87)66(84)71(61(55-78)91-73)94-75-70(88)67(85)72(62(56-79)92-75)93-74-68(86)65(83)64(82)60(54-77)90-74/h5,7,11,13,17,19,23,25,27-28,30-31,33,35,39,41,45,47,50,52,58-62,64-75,77-80,82-88H,3-4,6,8-10,12,14-16,18,20-22,24,26,29,32,34,36-38,40,42-44,46,48-49,51,53-57H2,1-2H3,(H,76,81)/b7-5-,13-11-,19-17-,25-23-,28-27-,31-30-,35-33-,41-39-,47-45-,52-50+. The molecule has 3 rings (SSSR count). The first-order valence-corrected chi connectivity index (χ1v) is 35.8. The van der Waals surface area contributed by atoms with Crippen LogP contribution < -0.4 is 5.32 Å². The Bertz CT molecular complexity index is 2180. The second kappa shape index (κ2) is 55.1. The van der Waals surface area contributed by atoms with Gasteiger partial charge in [0.25, 0.3) is 0 Å². The summed E-state index contributed by atoms with van der Waals surface area (Å²) in [5.41, 5.74) is 0. The molecule has 3 aliphatic heterocycles. The predicted molar refractivity (Wildman–Crippen MR) is 369 cm³/mol. The summed E-state index contributed by atoms with van der Waals surface area (Å²) in [4.78, 5) is 13.4. The van der Waals surface area contributed by atoms with Gasteiger partial charge >= 0.3 is 0 Å². The van der Waals surface area contributed by atoms with E-state index < -0.39 is 124 Å². The highest BCUT2D eigenvalue weighted by Crippen LogP contribution is 2.33. The number of rotatable bonds is 53. The molecule has 0 spiro atoms. The van der Waals surface area contributed by atoms with Gasteiger partial charge in [-0.05, 0) is 83.5 Å². The fourth-order valence-corrected chi connectivity index (χ4v) is 11.3. The zero-order valence-electron chi connectivity index (χ0n) is 56.9. The number of carbonyl (C=O) groups excluding carboxylic acids is 1. The van der Waals surface area contributed by atoms with E-state index in [2.05, 4.69) is 122 Å². The van der Waals surface area contributed by atoms with Crippen LogP contribution in [0.3, 0.4) is 0 Å². The average molecular weight is 1330 g/mol. The summed E-state index contributed by atoms with van der Waals surface area (Å²) in [5.74, 6) is -0.337. The predicted octanol–water partition coefficient (Wildman–Crippen LogP) is 9.99. The largest absolute Gasteiger partial charge is 0.394 e. The zero-order chi connectivity index (χ0) is 68.2. The third kappa shape index (κ3) is 36.1. The molecule has 3 aliphatic rings. The van der Waals surface area contributed by atoms with Crippen molar-refractivity contribution in [1.82, 2.24) is 5.32 Å². The van der Waals surface area contributed by atoms with E-state index in [1.165, 1.54) is 96.3 Å². The average Bonchev–Trinajstić information content (AvgIpc) is 0.787. The number of carbonyl (C=O) groups is 1. The molecule has 3 heterocycles. The van der Waals surface area contributed by atoms with Gasteiger partial charge in [-0.25, -0.2) is 0 Å². The molecular formula is C75H125NO18. The number of amides is 1. The molecule has 19 nitrogen and oxygen atoms in total. The lowest BCUT2D eigenvalue weighted by atomic mass is 9.96. The lowest BCUT2D eigenvalue weighted by Gasteiger charge is -2.48. The Balaban J connectivity index is 1.46. The van der Waals surface area contributed by atoms with Gasteiger partial charge in [0.05, 0.1) is 38.6 Å². The minimum atomic E-state index is -1.99. The maximum absolute atomic E-state index is 13.4. The monoisotopic (exact) mass is 1330 g/mol. The van der Waals surface area contributed by atoms with Crippen molar-refractivity contribution >= 4 is 5.91 Å². The van der Waals surface area contributed by atoms with E-state index in [1.54, 1.807) is 6.08 Å². The van der Waals surface area contributed by atoms with Crippen molar-refractivity contribution in [2.75, 3.05) is 26.4 Å². The molecule has 0 aliphatic carbocycles. The van der Waals surface area contributed by atoms with E-state index in [4.69, 9.17) is 28.4 Å². The highest BCUT2D eigenvalue weighted by molar-refractivity contribution is 5.76. The SMILES string of the molecule is CC/C=C\C/C=C\C/C=C\C/C=C\C/C=C\C/C=C\C/C=C\C/C=C\C/C=C\CCCC(=O)NC(COC1OC(CO)C(OC2OC(CO)C(OC3OC(CO)C(O)C(O)C3O)C(O)C2O)C(O)C1O)C(O)/C=C/CCCCCCCCCCCCCCCCCCCC. The summed E-state index contributed by atoms with van der Waals surface area (Å²) >= 11 is 0. The Morgan fingerprint density at radius 1 is 0.394 bits per heavy atom. The summed E-state index contributed by atoms with van der Waals surface area (Å²) in [7, 11) is 0. The molecule has 17 unspecified atom stereocenters. The second-order valence-electron chi connectivity index (χ2n) is 25.0. The number of hydrogen-bond acceptors (Lipinski definition) is 18. The summed E-state index contributed by atoms with van der Waals surface area (Å²) in [6, 6.07) is -1.01. The maximum Gasteiger partial charge on any atom is 0.220 e. The quantitative estimate of drug-likeness (QED) is 0.0199. The highest BCUT2D eigenvalue weighted by Gasteiger charge is 2.53. The van der Waals surface area contributed by atoms with E-state index >= 15 is 0 Å². The number of ether oxygens (including phenoxy) is 6. The minimum Gasteiger partial charge on any atom is -0.394 e. The van der Waals surface area contributed by atoms with Crippen molar-refractivity contribution in [3.63, 3.8) is 0 Å². The number of aliphatic hydroxyl groups is 11. The van der Waals surface area contributed by atoms with Crippen LogP contribution in [0.5, 0.6) is 0 Å². The van der Waals surface area contributed by atoms with Crippen LogP contribution in [-0.4, -0.2) is 193 Å². The summed E-state index contributed by atoms with van der Waals surface area (Å²) in [6.07, 6.45) is 48.8. The molecule has 0 aromatic carbocycles. The first-order valence-electron chi connectivity index (χ1n) is 35.8. The van der Waals surface area contributed by atoms with Crippen LogP contribution in [0.4, 0.5) is 0 Å². The van der Waals surface area contributed by atoms with E-state index in [9.17, 15) is 61.0 Å². The molecule has 0 aromatic heterocycles. The van der Waals surface area contributed by atoms with Crippen molar-refractivity contribution in [3.8, 4) is 0 Å². The van der Waals surface area contributed by atoms with Crippen molar-refractivity contribution in [2.45, 2.75) is 317 Å². The number of hydrogen-bond donors (Lipinski definition) is 12. The Morgan fingerprint density at radius 2 is 0.734 bits per heavy atom. The molecule has 0 bridgehead atoms. The fraction of sp³-hybridized carbons (Fsp3) is 0.720. The number of nitrogens with one attached hydrogen (secondary N) is 1. The van der Waals surface area contributed by atoms with E-state index in [0.29, 0.717) is 12.8 Å². The lowest BCUT2D eigenvalue weighted by Crippen LogP contribution is -2.66.